The van der Waals surface area contributed by atoms with Gasteiger partial charge in [0.25, 0.3) is 0 Å². The first kappa shape index (κ1) is 17.6. The van der Waals surface area contributed by atoms with E-state index >= 15 is 0 Å². The molecule has 0 aliphatic rings. The Labute approximate surface area is 166 Å². The molecule has 0 bridgehead atoms. The van der Waals surface area contributed by atoms with Crippen LogP contribution in [-0.2, 0) is 11.3 Å². The molecule has 0 aliphatic carbocycles. The first-order valence-electron chi connectivity index (χ1n) is 8.37. The number of carbonyl (C=O) groups excluding carboxylic acids is 1. The number of nitrogens with one attached hydrogen (secondary N) is 1. The molecule has 4 nitrogen and oxygen atoms in total. The van der Waals surface area contributed by atoms with Crippen LogP contribution in [0.1, 0.15) is 0 Å². The first-order valence-corrected chi connectivity index (χ1v) is 9.13. The van der Waals surface area contributed by atoms with Crippen LogP contribution in [0.15, 0.2) is 72.8 Å². The van der Waals surface area contributed by atoms with E-state index in [0.29, 0.717) is 15.9 Å². The van der Waals surface area contributed by atoms with Crippen LogP contribution in [0.2, 0.25) is 10.0 Å². The zero-order chi connectivity index (χ0) is 18.8. The van der Waals surface area contributed by atoms with Gasteiger partial charge in [-0.25, -0.2) is 4.98 Å². The van der Waals surface area contributed by atoms with Crippen LogP contribution in [0.5, 0.6) is 0 Å². The monoisotopic (exact) mass is 395 g/mol. The average Bonchev–Trinajstić information content (AvgIpc) is 3.01. The summed E-state index contributed by atoms with van der Waals surface area (Å²) in [6, 6.07) is 22.3. The Morgan fingerprint density at radius 2 is 1.70 bits per heavy atom. The van der Waals surface area contributed by atoms with Gasteiger partial charge in [-0.15, -0.1) is 0 Å². The van der Waals surface area contributed by atoms with Crippen molar-refractivity contribution in [3.63, 3.8) is 0 Å². The third-order valence-corrected chi connectivity index (χ3v) is 4.73. The van der Waals surface area contributed by atoms with Crippen molar-refractivity contribution in [3.8, 4) is 11.4 Å². The van der Waals surface area contributed by atoms with E-state index in [1.165, 1.54) is 0 Å². The maximum absolute atomic E-state index is 12.6. The number of hydrogen-bond donors (Lipinski definition) is 1. The molecule has 0 aliphatic heterocycles. The van der Waals surface area contributed by atoms with Gasteiger partial charge in [-0.1, -0.05) is 53.5 Å². The van der Waals surface area contributed by atoms with Crippen molar-refractivity contribution in [1.29, 1.82) is 0 Å². The molecule has 27 heavy (non-hydrogen) atoms. The summed E-state index contributed by atoms with van der Waals surface area (Å²) >= 11 is 12.4. The molecular weight excluding hydrogens is 381 g/mol. The number of anilines is 1. The minimum absolute atomic E-state index is 0.115. The number of aromatic nitrogens is 2. The lowest BCUT2D eigenvalue weighted by Crippen LogP contribution is -2.19. The Morgan fingerprint density at radius 1 is 0.963 bits per heavy atom. The van der Waals surface area contributed by atoms with E-state index in [4.69, 9.17) is 23.2 Å². The van der Waals surface area contributed by atoms with Crippen LogP contribution in [0.25, 0.3) is 22.4 Å². The van der Waals surface area contributed by atoms with Crippen LogP contribution in [0, 0.1) is 0 Å². The van der Waals surface area contributed by atoms with E-state index in [2.05, 4.69) is 10.3 Å². The van der Waals surface area contributed by atoms with Crippen molar-refractivity contribution in [3.05, 3.63) is 82.8 Å². The Balaban J connectivity index is 1.75. The summed E-state index contributed by atoms with van der Waals surface area (Å²) in [5.41, 5.74) is 3.13. The van der Waals surface area contributed by atoms with Gasteiger partial charge in [0.15, 0.2) is 0 Å². The second-order valence-electron chi connectivity index (χ2n) is 6.05. The van der Waals surface area contributed by atoms with Crippen molar-refractivity contribution in [2.75, 3.05) is 5.32 Å². The summed E-state index contributed by atoms with van der Waals surface area (Å²) in [6.07, 6.45) is 0. The molecule has 0 radical (unpaired) electrons. The zero-order valence-corrected chi connectivity index (χ0v) is 15.7. The number of amides is 1. The van der Waals surface area contributed by atoms with Gasteiger partial charge in [0, 0.05) is 16.3 Å². The van der Waals surface area contributed by atoms with E-state index in [1.807, 2.05) is 65.2 Å². The minimum atomic E-state index is -0.143. The van der Waals surface area contributed by atoms with Crippen LogP contribution >= 0.6 is 23.2 Å². The standard InChI is InChI=1S/C21H15Cl2N3O/c22-14-10-11-16(17(23)12-14)21-25-18-8-4-5-9-19(18)26(21)13-20(27)24-15-6-2-1-3-7-15/h1-12H,13H2,(H,24,27). The Hall–Kier alpha value is -2.82. The fourth-order valence-corrected chi connectivity index (χ4v) is 3.47. The molecule has 0 saturated carbocycles. The third kappa shape index (κ3) is 3.68. The molecule has 4 rings (SSSR count). The van der Waals surface area contributed by atoms with Gasteiger partial charge >= 0.3 is 0 Å². The molecule has 0 saturated heterocycles. The number of imidazole rings is 1. The maximum Gasteiger partial charge on any atom is 0.244 e. The summed E-state index contributed by atoms with van der Waals surface area (Å²) in [5, 5.41) is 3.94. The largest absolute Gasteiger partial charge is 0.325 e. The smallest absolute Gasteiger partial charge is 0.244 e. The molecule has 1 amide bonds. The van der Waals surface area contributed by atoms with Crippen molar-refractivity contribution in [1.82, 2.24) is 9.55 Å². The van der Waals surface area contributed by atoms with Crippen LogP contribution in [0.3, 0.4) is 0 Å². The lowest BCUT2D eigenvalue weighted by atomic mass is 10.2. The molecule has 0 spiro atoms. The molecule has 0 atom stereocenters. The van der Waals surface area contributed by atoms with E-state index in [9.17, 15) is 4.79 Å². The van der Waals surface area contributed by atoms with E-state index in [0.717, 1.165) is 22.3 Å². The topological polar surface area (TPSA) is 46.9 Å². The first-order chi connectivity index (χ1) is 13.1. The van der Waals surface area contributed by atoms with Gasteiger partial charge < -0.3 is 9.88 Å². The van der Waals surface area contributed by atoms with Crippen molar-refractivity contribution in [2.24, 2.45) is 0 Å². The van der Waals surface area contributed by atoms with Gasteiger partial charge in [0.1, 0.15) is 12.4 Å². The summed E-state index contributed by atoms with van der Waals surface area (Å²) in [7, 11) is 0. The molecule has 6 heteroatoms. The second kappa shape index (κ2) is 7.43. The predicted molar refractivity (Wildman–Crippen MR) is 110 cm³/mol. The molecular formula is C21H15Cl2N3O. The van der Waals surface area contributed by atoms with E-state index in [-0.39, 0.29) is 12.5 Å². The second-order valence-corrected chi connectivity index (χ2v) is 6.89. The van der Waals surface area contributed by atoms with Crippen molar-refractivity contribution >= 4 is 45.8 Å². The van der Waals surface area contributed by atoms with Crippen molar-refractivity contribution in [2.45, 2.75) is 6.54 Å². The summed E-state index contributed by atoms with van der Waals surface area (Å²) in [5.74, 6) is 0.483. The number of para-hydroxylation sites is 3. The molecule has 1 aromatic heterocycles. The van der Waals surface area contributed by atoms with Crippen LogP contribution < -0.4 is 5.32 Å². The highest BCUT2D eigenvalue weighted by atomic mass is 35.5. The minimum Gasteiger partial charge on any atom is -0.325 e. The van der Waals surface area contributed by atoms with E-state index in [1.54, 1.807) is 12.1 Å². The van der Waals surface area contributed by atoms with Crippen molar-refractivity contribution < 1.29 is 4.79 Å². The highest BCUT2D eigenvalue weighted by molar-refractivity contribution is 6.36. The summed E-state index contributed by atoms with van der Waals surface area (Å²) < 4.78 is 1.86. The molecule has 134 valence electrons. The fourth-order valence-electron chi connectivity index (χ4n) is 2.98. The number of rotatable bonds is 4. The molecule has 3 aromatic carbocycles. The number of benzene rings is 3. The third-order valence-electron chi connectivity index (χ3n) is 4.19. The molecule has 1 N–H and O–H groups in total. The summed E-state index contributed by atoms with van der Waals surface area (Å²) in [4.78, 5) is 17.3. The summed E-state index contributed by atoms with van der Waals surface area (Å²) in [6.45, 7) is 0.115. The molecule has 4 aromatic rings. The Morgan fingerprint density at radius 3 is 2.48 bits per heavy atom. The lowest BCUT2D eigenvalue weighted by molar-refractivity contribution is -0.116. The van der Waals surface area contributed by atoms with Gasteiger partial charge in [0.05, 0.1) is 16.1 Å². The number of hydrogen-bond acceptors (Lipinski definition) is 2. The average molecular weight is 396 g/mol. The molecule has 0 unspecified atom stereocenters. The lowest BCUT2D eigenvalue weighted by Gasteiger charge is -2.11. The predicted octanol–water partition coefficient (Wildman–Crippen LogP) is 5.65. The fraction of sp³-hybridized carbons (Fsp3) is 0.0476. The molecule has 1 heterocycles. The number of fused-ring (bicyclic) bond motifs is 1. The Bertz CT molecular complexity index is 1120. The van der Waals surface area contributed by atoms with Gasteiger partial charge in [-0.2, -0.15) is 0 Å². The van der Waals surface area contributed by atoms with Gasteiger partial charge in [-0.05, 0) is 42.5 Å². The Kier molecular flexibility index (Phi) is 4.84. The van der Waals surface area contributed by atoms with Crippen LogP contribution in [0.4, 0.5) is 5.69 Å². The number of nitrogens with zero attached hydrogens (tertiary/aromatic N) is 2. The van der Waals surface area contributed by atoms with E-state index < -0.39 is 0 Å². The van der Waals surface area contributed by atoms with Gasteiger partial charge in [-0.3, -0.25) is 4.79 Å². The maximum atomic E-state index is 12.6. The highest BCUT2D eigenvalue weighted by Crippen LogP contribution is 2.32. The quantitative estimate of drug-likeness (QED) is 0.485. The number of carbonyl (C=O) groups is 1. The van der Waals surface area contributed by atoms with Gasteiger partial charge in [0.2, 0.25) is 5.91 Å². The highest BCUT2D eigenvalue weighted by Gasteiger charge is 2.17. The SMILES string of the molecule is O=C(Cn1c(-c2ccc(Cl)cc2Cl)nc2ccccc21)Nc1ccccc1. The zero-order valence-electron chi connectivity index (χ0n) is 14.2. The van der Waals surface area contributed by atoms with Crippen LogP contribution in [-0.4, -0.2) is 15.5 Å². The molecule has 0 fully saturated rings. The normalized spacial score (nSPS) is 10.9. The number of halogens is 2.